The van der Waals surface area contributed by atoms with Gasteiger partial charge in [-0.3, -0.25) is 0 Å². The summed E-state index contributed by atoms with van der Waals surface area (Å²) in [5, 5.41) is 12.8. The minimum Gasteiger partial charge on any atom is -0.391 e. The van der Waals surface area contributed by atoms with E-state index in [0.717, 1.165) is 19.0 Å². The molecule has 64 valence electrons. The Balaban J connectivity index is 1.92. The Hall–Kier alpha value is -0.0800. The number of nitrogens with one attached hydrogen (secondary N) is 1. The second-order valence-electron chi connectivity index (χ2n) is 3.93. The van der Waals surface area contributed by atoms with Crippen LogP contribution in [0.1, 0.15) is 25.7 Å². The van der Waals surface area contributed by atoms with Gasteiger partial charge in [-0.1, -0.05) is 25.7 Å². The van der Waals surface area contributed by atoms with Crippen molar-refractivity contribution in [2.45, 2.75) is 31.8 Å². The predicted octanol–water partition coefficient (Wildman–Crippen LogP) is 0.757. The highest BCUT2D eigenvalue weighted by molar-refractivity contribution is 4.87. The van der Waals surface area contributed by atoms with E-state index in [1.807, 2.05) is 0 Å². The second-order valence-corrected chi connectivity index (χ2v) is 3.93. The highest BCUT2D eigenvalue weighted by Crippen LogP contribution is 2.34. The van der Waals surface area contributed by atoms with Gasteiger partial charge in [0.1, 0.15) is 0 Å². The summed E-state index contributed by atoms with van der Waals surface area (Å²) >= 11 is 0. The van der Waals surface area contributed by atoms with Crippen molar-refractivity contribution in [1.82, 2.24) is 5.32 Å². The summed E-state index contributed by atoms with van der Waals surface area (Å²) < 4.78 is 0. The Kier molecular flexibility index (Phi) is 2.14. The first kappa shape index (κ1) is 7.56. The van der Waals surface area contributed by atoms with E-state index in [4.69, 9.17) is 0 Å². The van der Waals surface area contributed by atoms with Crippen LogP contribution in [0, 0.1) is 11.8 Å². The molecular weight excluding hydrogens is 138 g/mol. The van der Waals surface area contributed by atoms with Crippen molar-refractivity contribution in [3.8, 4) is 0 Å². The first-order valence-electron chi connectivity index (χ1n) is 4.76. The smallest absolute Gasteiger partial charge is 0.0707 e. The molecule has 2 rings (SSSR count). The third-order valence-corrected chi connectivity index (χ3v) is 3.23. The number of β-amino-alcohol motifs (C(OH)–C–C–N with tert-alkyl or cyclic N) is 1. The molecule has 2 fully saturated rings. The molecule has 0 amide bonds. The van der Waals surface area contributed by atoms with Crippen LogP contribution < -0.4 is 5.32 Å². The molecule has 2 aliphatic rings. The van der Waals surface area contributed by atoms with Crippen LogP contribution in [0.15, 0.2) is 0 Å². The molecule has 2 N–H and O–H groups in total. The molecule has 0 spiro atoms. The maximum absolute atomic E-state index is 9.59. The van der Waals surface area contributed by atoms with E-state index in [1.165, 1.54) is 25.7 Å². The van der Waals surface area contributed by atoms with Crippen LogP contribution in [0.4, 0.5) is 0 Å². The van der Waals surface area contributed by atoms with Crippen LogP contribution in [-0.2, 0) is 0 Å². The van der Waals surface area contributed by atoms with E-state index >= 15 is 0 Å². The molecule has 1 heterocycles. The van der Waals surface area contributed by atoms with Gasteiger partial charge in [0.2, 0.25) is 0 Å². The molecule has 2 heteroatoms. The van der Waals surface area contributed by atoms with Gasteiger partial charge in [0.25, 0.3) is 0 Å². The molecule has 0 bridgehead atoms. The quantitative estimate of drug-likeness (QED) is 0.586. The number of hydrogen-bond donors (Lipinski definition) is 2. The average Bonchev–Trinajstić information content (AvgIpc) is 2.55. The number of aliphatic hydroxyl groups excluding tert-OH is 1. The lowest BCUT2D eigenvalue weighted by Gasteiger charge is -2.19. The van der Waals surface area contributed by atoms with Crippen LogP contribution in [-0.4, -0.2) is 24.3 Å². The van der Waals surface area contributed by atoms with E-state index in [-0.39, 0.29) is 6.10 Å². The van der Waals surface area contributed by atoms with Gasteiger partial charge in [0.15, 0.2) is 0 Å². The lowest BCUT2D eigenvalue weighted by Crippen LogP contribution is -2.24. The standard InChI is InChI=1S/C9H17NO/c11-9-6-10-5-8(9)7-3-1-2-4-7/h7-11H,1-6H2/t8-,9+/m1/s1. The van der Waals surface area contributed by atoms with Gasteiger partial charge in [0.05, 0.1) is 6.10 Å². The van der Waals surface area contributed by atoms with Gasteiger partial charge in [-0.15, -0.1) is 0 Å². The second kappa shape index (κ2) is 3.11. The average molecular weight is 155 g/mol. The van der Waals surface area contributed by atoms with E-state index in [1.54, 1.807) is 0 Å². The Morgan fingerprint density at radius 2 is 1.82 bits per heavy atom. The fourth-order valence-corrected chi connectivity index (χ4v) is 2.55. The van der Waals surface area contributed by atoms with Gasteiger partial charge < -0.3 is 10.4 Å². The van der Waals surface area contributed by atoms with Crippen LogP contribution in [0.2, 0.25) is 0 Å². The summed E-state index contributed by atoms with van der Waals surface area (Å²) in [6, 6.07) is 0. The Bertz CT molecular complexity index is 132. The van der Waals surface area contributed by atoms with E-state index in [2.05, 4.69) is 5.32 Å². The van der Waals surface area contributed by atoms with Crippen molar-refractivity contribution in [3.63, 3.8) is 0 Å². The molecule has 11 heavy (non-hydrogen) atoms. The highest BCUT2D eigenvalue weighted by atomic mass is 16.3. The minimum atomic E-state index is -0.0573. The molecule has 2 nitrogen and oxygen atoms in total. The highest BCUT2D eigenvalue weighted by Gasteiger charge is 2.33. The zero-order valence-electron chi connectivity index (χ0n) is 6.92. The van der Waals surface area contributed by atoms with Crippen molar-refractivity contribution >= 4 is 0 Å². The van der Waals surface area contributed by atoms with Crippen molar-refractivity contribution in [2.24, 2.45) is 11.8 Å². The van der Waals surface area contributed by atoms with Crippen LogP contribution in [0.25, 0.3) is 0 Å². The van der Waals surface area contributed by atoms with Crippen molar-refractivity contribution in [1.29, 1.82) is 0 Å². The Morgan fingerprint density at radius 3 is 2.36 bits per heavy atom. The molecule has 0 aromatic heterocycles. The fraction of sp³-hybridized carbons (Fsp3) is 1.00. The van der Waals surface area contributed by atoms with Crippen molar-refractivity contribution < 1.29 is 5.11 Å². The fourth-order valence-electron chi connectivity index (χ4n) is 2.55. The van der Waals surface area contributed by atoms with E-state index < -0.39 is 0 Å². The molecule has 0 aromatic carbocycles. The normalized spacial score (nSPS) is 40.1. The zero-order valence-corrected chi connectivity index (χ0v) is 6.92. The minimum absolute atomic E-state index is 0.0573. The maximum atomic E-state index is 9.59. The summed E-state index contributed by atoms with van der Waals surface area (Å²) in [5.41, 5.74) is 0. The van der Waals surface area contributed by atoms with E-state index in [0.29, 0.717) is 5.92 Å². The number of aliphatic hydroxyl groups is 1. The first-order valence-corrected chi connectivity index (χ1v) is 4.76. The van der Waals surface area contributed by atoms with Gasteiger partial charge in [-0.05, 0) is 5.92 Å². The Morgan fingerprint density at radius 1 is 1.09 bits per heavy atom. The van der Waals surface area contributed by atoms with Crippen LogP contribution in [0.3, 0.4) is 0 Å². The molecule has 0 unspecified atom stereocenters. The SMILES string of the molecule is O[C@H]1CNC[C@@H]1C1CCCC1. The van der Waals surface area contributed by atoms with Gasteiger partial charge >= 0.3 is 0 Å². The van der Waals surface area contributed by atoms with Crippen LogP contribution in [0.5, 0.6) is 0 Å². The van der Waals surface area contributed by atoms with E-state index in [9.17, 15) is 5.11 Å². The van der Waals surface area contributed by atoms with Crippen LogP contribution >= 0.6 is 0 Å². The maximum Gasteiger partial charge on any atom is 0.0707 e. The van der Waals surface area contributed by atoms with Gasteiger partial charge in [0, 0.05) is 19.0 Å². The largest absolute Gasteiger partial charge is 0.391 e. The molecular formula is C9H17NO. The topological polar surface area (TPSA) is 32.3 Å². The Labute approximate surface area is 68.0 Å². The third kappa shape index (κ3) is 1.42. The first-order chi connectivity index (χ1) is 5.38. The molecule has 1 aliphatic carbocycles. The number of rotatable bonds is 1. The summed E-state index contributed by atoms with van der Waals surface area (Å²) in [6.07, 6.45) is 5.41. The summed E-state index contributed by atoms with van der Waals surface area (Å²) in [5.74, 6) is 1.39. The summed E-state index contributed by atoms with van der Waals surface area (Å²) in [7, 11) is 0. The lowest BCUT2D eigenvalue weighted by molar-refractivity contribution is 0.114. The summed E-state index contributed by atoms with van der Waals surface area (Å²) in [6.45, 7) is 1.87. The lowest BCUT2D eigenvalue weighted by atomic mass is 9.88. The van der Waals surface area contributed by atoms with Crippen molar-refractivity contribution in [2.75, 3.05) is 13.1 Å². The third-order valence-electron chi connectivity index (χ3n) is 3.23. The predicted molar refractivity (Wildman–Crippen MR) is 44.3 cm³/mol. The molecule has 0 radical (unpaired) electrons. The zero-order chi connectivity index (χ0) is 7.68. The molecule has 1 saturated carbocycles. The van der Waals surface area contributed by atoms with Crippen molar-refractivity contribution in [3.05, 3.63) is 0 Å². The molecule has 1 saturated heterocycles. The molecule has 1 aliphatic heterocycles. The summed E-state index contributed by atoms with van der Waals surface area (Å²) in [4.78, 5) is 0. The van der Waals surface area contributed by atoms with Gasteiger partial charge in [-0.2, -0.15) is 0 Å². The van der Waals surface area contributed by atoms with Gasteiger partial charge in [-0.25, -0.2) is 0 Å². The molecule has 0 aromatic rings. The number of hydrogen-bond acceptors (Lipinski definition) is 2. The monoisotopic (exact) mass is 155 g/mol. The molecule has 2 atom stereocenters.